The van der Waals surface area contributed by atoms with E-state index < -0.39 is 6.10 Å². The highest BCUT2D eigenvalue weighted by molar-refractivity contribution is 5.90. The Hall–Kier alpha value is -3.41. The molecule has 3 rings (SSSR count). The van der Waals surface area contributed by atoms with E-state index in [-0.39, 0.29) is 52.4 Å². The number of hydrogen-bond acceptors (Lipinski definition) is 6. The fourth-order valence-corrected chi connectivity index (χ4v) is 3.87. The summed E-state index contributed by atoms with van der Waals surface area (Å²) in [6, 6.07) is 5.29. The van der Waals surface area contributed by atoms with Crippen molar-refractivity contribution in [3.63, 3.8) is 0 Å². The molecule has 2 aromatic rings. The molecule has 0 aliphatic carbocycles. The van der Waals surface area contributed by atoms with Crippen LogP contribution < -0.4 is 4.74 Å². The van der Waals surface area contributed by atoms with Crippen LogP contribution >= 0.6 is 0 Å². The van der Waals surface area contributed by atoms with E-state index >= 15 is 0 Å². The monoisotopic (exact) mass is 424 g/mol. The summed E-state index contributed by atoms with van der Waals surface area (Å²) >= 11 is 0. The molecule has 0 aromatic heterocycles. The fraction of sp³-hybridized carbons (Fsp3) is 0.320. The molecule has 0 saturated heterocycles. The van der Waals surface area contributed by atoms with Gasteiger partial charge in [-0.25, -0.2) is 0 Å². The van der Waals surface area contributed by atoms with Crippen molar-refractivity contribution in [3.05, 3.63) is 64.8 Å². The van der Waals surface area contributed by atoms with Gasteiger partial charge in [0.25, 0.3) is 0 Å². The number of carbonyl (C=O) groups excluding carboxylic acids is 1. The number of ketones is 1. The zero-order valence-corrected chi connectivity index (χ0v) is 18.0. The molecular weight excluding hydrogens is 396 g/mol. The van der Waals surface area contributed by atoms with Gasteiger partial charge in [-0.3, -0.25) is 4.79 Å². The Balaban J connectivity index is 1.90. The smallest absolute Gasteiger partial charge is 0.186 e. The third-order valence-corrected chi connectivity index (χ3v) is 5.50. The number of aromatic hydroxyl groups is 4. The maximum atomic E-state index is 12.7. The van der Waals surface area contributed by atoms with E-state index in [2.05, 4.69) is 12.7 Å². The van der Waals surface area contributed by atoms with Gasteiger partial charge in [0.2, 0.25) is 0 Å². The molecule has 1 heterocycles. The van der Waals surface area contributed by atoms with Gasteiger partial charge in [0.15, 0.2) is 11.9 Å². The van der Waals surface area contributed by atoms with Gasteiger partial charge >= 0.3 is 0 Å². The highest BCUT2D eigenvalue weighted by Gasteiger charge is 2.34. The van der Waals surface area contributed by atoms with Crippen LogP contribution in [-0.4, -0.2) is 26.2 Å². The molecule has 2 aromatic carbocycles. The number of allylic oxidation sites excluding steroid dienone is 3. The Morgan fingerprint density at radius 3 is 2.48 bits per heavy atom. The molecule has 0 bridgehead atoms. The van der Waals surface area contributed by atoms with E-state index in [4.69, 9.17) is 4.74 Å². The second-order valence-corrected chi connectivity index (χ2v) is 8.32. The first-order valence-electron chi connectivity index (χ1n) is 10.2. The number of benzene rings is 2. The number of ether oxygens (including phenoxy) is 1. The standard InChI is InChI=1S/C25H28O6/c1-13(2)9-15(14(3)4)5-7-17-21(28)12-23-19(24(17)30)11-22(29)25(31-23)18-8-6-16(26)10-20(18)27/h6,8-10,12,15,25-28,30H,3,5,7,11H2,1-2,4H3. The summed E-state index contributed by atoms with van der Waals surface area (Å²) in [6.45, 7) is 9.99. The maximum Gasteiger partial charge on any atom is 0.186 e. The first kappa shape index (κ1) is 22.3. The van der Waals surface area contributed by atoms with Crippen molar-refractivity contribution in [2.24, 2.45) is 5.92 Å². The van der Waals surface area contributed by atoms with E-state index in [1.54, 1.807) is 0 Å². The van der Waals surface area contributed by atoms with Gasteiger partial charge in [0.05, 0.1) is 0 Å². The predicted octanol–water partition coefficient (Wildman–Crippen LogP) is 4.85. The second kappa shape index (κ2) is 8.76. The molecule has 31 heavy (non-hydrogen) atoms. The van der Waals surface area contributed by atoms with Gasteiger partial charge in [-0.2, -0.15) is 0 Å². The Morgan fingerprint density at radius 2 is 1.87 bits per heavy atom. The summed E-state index contributed by atoms with van der Waals surface area (Å²) < 4.78 is 5.75. The molecular formula is C25H28O6. The van der Waals surface area contributed by atoms with Crippen LogP contribution in [0.5, 0.6) is 28.7 Å². The molecule has 0 amide bonds. The van der Waals surface area contributed by atoms with Crippen LogP contribution in [0.4, 0.5) is 0 Å². The third kappa shape index (κ3) is 4.68. The number of carbonyl (C=O) groups is 1. The summed E-state index contributed by atoms with van der Waals surface area (Å²) in [5, 5.41) is 40.9. The zero-order chi connectivity index (χ0) is 22.9. The molecule has 0 fully saturated rings. The van der Waals surface area contributed by atoms with E-state index in [1.165, 1.54) is 18.2 Å². The fourth-order valence-electron chi connectivity index (χ4n) is 3.87. The number of fused-ring (bicyclic) bond motifs is 1. The van der Waals surface area contributed by atoms with E-state index in [1.807, 2.05) is 20.8 Å². The van der Waals surface area contributed by atoms with E-state index in [0.29, 0.717) is 24.0 Å². The largest absolute Gasteiger partial charge is 0.508 e. The van der Waals surface area contributed by atoms with Crippen LogP contribution in [0.25, 0.3) is 0 Å². The lowest BCUT2D eigenvalue weighted by molar-refractivity contribution is -0.126. The van der Waals surface area contributed by atoms with Gasteiger partial charge in [0.1, 0.15) is 28.7 Å². The molecule has 0 saturated carbocycles. The van der Waals surface area contributed by atoms with Crippen molar-refractivity contribution < 1.29 is 30.0 Å². The van der Waals surface area contributed by atoms with Crippen LogP contribution in [0.1, 0.15) is 50.0 Å². The van der Waals surface area contributed by atoms with Crippen molar-refractivity contribution in [2.45, 2.75) is 46.1 Å². The van der Waals surface area contributed by atoms with Crippen molar-refractivity contribution in [2.75, 3.05) is 0 Å². The van der Waals surface area contributed by atoms with Gasteiger partial charge in [-0.1, -0.05) is 23.8 Å². The number of phenolic OH excluding ortho intramolecular Hbond substituents is 4. The minimum Gasteiger partial charge on any atom is -0.508 e. The highest BCUT2D eigenvalue weighted by Crippen LogP contribution is 2.45. The van der Waals surface area contributed by atoms with Crippen molar-refractivity contribution in [3.8, 4) is 28.7 Å². The lowest BCUT2D eigenvalue weighted by Crippen LogP contribution is -2.26. The first-order valence-corrected chi connectivity index (χ1v) is 10.2. The first-order chi connectivity index (χ1) is 14.6. The molecule has 6 heteroatoms. The molecule has 1 aliphatic heterocycles. The summed E-state index contributed by atoms with van der Waals surface area (Å²) in [4.78, 5) is 12.7. The molecule has 6 nitrogen and oxygen atoms in total. The second-order valence-electron chi connectivity index (χ2n) is 8.32. The van der Waals surface area contributed by atoms with Crippen molar-refractivity contribution >= 4 is 5.78 Å². The van der Waals surface area contributed by atoms with Gasteiger partial charge in [0, 0.05) is 35.2 Å². The molecule has 0 radical (unpaired) electrons. The Kier molecular flexibility index (Phi) is 6.29. The summed E-state index contributed by atoms with van der Waals surface area (Å²) in [7, 11) is 0. The molecule has 0 spiro atoms. The minimum atomic E-state index is -1.09. The topological polar surface area (TPSA) is 107 Å². The lowest BCUT2D eigenvalue weighted by Gasteiger charge is -2.27. The molecule has 164 valence electrons. The average molecular weight is 424 g/mol. The summed E-state index contributed by atoms with van der Waals surface area (Å²) in [6.07, 6.45) is 1.97. The average Bonchev–Trinajstić information content (AvgIpc) is 2.67. The molecule has 2 unspecified atom stereocenters. The normalized spacial score (nSPS) is 16.2. The molecule has 1 aliphatic rings. The van der Waals surface area contributed by atoms with Crippen LogP contribution in [0.15, 0.2) is 48.1 Å². The van der Waals surface area contributed by atoms with Crippen LogP contribution in [0.3, 0.4) is 0 Å². The van der Waals surface area contributed by atoms with Gasteiger partial charge in [-0.15, -0.1) is 0 Å². The number of hydrogen-bond donors (Lipinski definition) is 4. The van der Waals surface area contributed by atoms with Crippen LogP contribution in [0, 0.1) is 5.92 Å². The number of Topliss-reactive ketones (excluding diaryl/α,β-unsaturated/α-hetero) is 1. The Bertz CT molecular complexity index is 1060. The van der Waals surface area contributed by atoms with Crippen molar-refractivity contribution in [1.82, 2.24) is 0 Å². The molecule has 4 N–H and O–H groups in total. The Morgan fingerprint density at radius 1 is 1.16 bits per heavy atom. The summed E-state index contributed by atoms with van der Waals surface area (Å²) in [5.74, 6) is -0.699. The quantitative estimate of drug-likeness (QED) is 0.494. The predicted molar refractivity (Wildman–Crippen MR) is 118 cm³/mol. The van der Waals surface area contributed by atoms with Gasteiger partial charge < -0.3 is 25.2 Å². The minimum absolute atomic E-state index is 0.0999. The van der Waals surface area contributed by atoms with E-state index in [0.717, 1.165) is 17.2 Å². The van der Waals surface area contributed by atoms with Crippen molar-refractivity contribution in [1.29, 1.82) is 0 Å². The zero-order valence-electron chi connectivity index (χ0n) is 18.0. The lowest BCUT2D eigenvalue weighted by atomic mass is 9.89. The van der Waals surface area contributed by atoms with Crippen LogP contribution in [0.2, 0.25) is 0 Å². The SMILES string of the molecule is C=C(C)C(C=C(C)C)CCc1c(O)cc2c(c1O)CC(=O)C(c1ccc(O)cc1O)O2. The number of phenols is 4. The van der Waals surface area contributed by atoms with Crippen LogP contribution in [-0.2, 0) is 17.6 Å². The Labute approximate surface area is 181 Å². The number of rotatable bonds is 6. The molecule has 2 atom stereocenters. The highest BCUT2D eigenvalue weighted by atomic mass is 16.5. The van der Waals surface area contributed by atoms with E-state index in [9.17, 15) is 25.2 Å². The third-order valence-electron chi connectivity index (χ3n) is 5.50. The van der Waals surface area contributed by atoms with Gasteiger partial charge in [-0.05, 0) is 51.7 Å². The maximum absolute atomic E-state index is 12.7. The summed E-state index contributed by atoms with van der Waals surface area (Å²) in [5.41, 5.74) is 3.06.